The first-order chi connectivity index (χ1) is 14.8. The maximum atomic E-state index is 13.1. The van der Waals surface area contributed by atoms with E-state index in [9.17, 15) is 4.79 Å². The maximum absolute atomic E-state index is 13.1. The second kappa shape index (κ2) is 8.59. The molecule has 31 heavy (non-hydrogen) atoms. The van der Waals surface area contributed by atoms with Gasteiger partial charge in [-0.3, -0.25) is 10.2 Å². The average Bonchev–Trinajstić information content (AvgIpc) is 3.37. The summed E-state index contributed by atoms with van der Waals surface area (Å²) in [5.41, 5.74) is 2.79. The zero-order valence-electron chi connectivity index (χ0n) is 18.8. The van der Waals surface area contributed by atoms with Crippen molar-refractivity contribution in [3.8, 4) is 5.69 Å². The van der Waals surface area contributed by atoms with Gasteiger partial charge in [0.1, 0.15) is 11.6 Å². The molecular weight excluding hydrogens is 390 g/mol. The van der Waals surface area contributed by atoms with Crippen molar-refractivity contribution >= 4 is 11.8 Å². The van der Waals surface area contributed by atoms with Gasteiger partial charge in [-0.25, -0.2) is 9.48 Å². The SMILES string of the molecule is Cc1c(C(C)(C)C)nn(-c2ccccc2)c1NC(=O)N1CCN(Cc2ccco2)CC1. The summed E-state index contributed by atoms with van der Waals surface area (Å²) in [6, 6.07) is 13.7. The zero-order valence-corrected chi connectivity index (χ0v) is 18.8. The van der Waals surface area contributed by atoms with Crippen LogP contribution in [0.5, 0.6) is 0 Å². The molecule has 1 fully saturated rings. The monoisotopic (exact) mass is 421 g/mol. The number of carbonyl (C=O) groups is 1. The van der Waals surface area contributed by atoms with Crippen molar-refractivity contribution < 1.29 is 9.21 Å². The van der Waals surface area contributed by atoms with Crippen LogP contribution in [0.3, 0.4) is 0 Å². The lowest BCUT2D eigenvalue weighted by atomic mass is 9.90. The molecule has 7 nitrogen and oxygen atoms in total. The Morgan fingerprint density at radius 2 is 1.77 bits per heavy atom. The number of anilines is 1. The van der Waals surface area contributed by atoms with Crippen molar-refractivity contribution in [1.29, 1.82) is 0 Å². The highest BCUT2D eigenvalue weighted by atomic mass is 16.3. The molecule has 1 aliphatic rings. The number of para-hydroxylation sites is 1. The Bertz CT molecular complexity index is 1010. The lowest BCUT2D eigenvalue weighted by Crippen LogP contribution is -2.49. The van der Waals surface area contributed by atoms with E-state index in [1.807, 2.05) is 59.0 Å². The Morgan fingerprint density at radius 1 is 1.06 bits per heavy atom. The van der Waals surface area contributed by atoms with Gasteiger partial charge in [0, 0.05) is 37.2 Å². The second-order valence-corrected chi connectivity index (χ2v) is 9.09. The molecular formula is C24H31N5O2. The first-order valence-corrected chi connectivity index (χ1v) is 10.8. The third-order valence-corrected chi connectivity index (χ3v) is 5.68. The number of amides is 2. The molecule has 164 valence electrons. The second-order valence-electron chi connectivity index (χ2n) is 9.09. The van der Waals surface area contributed by atoms with E-state index < -0.39 is 0 Å². The van der Waals surface area contributed by atoms with Gasteiger partial charge in [0.2, 0.25) is 0 Å². The highest BCUT2D eigenvalue weighted by Crippen LogP contribution is 2.31. The Labute approximate surface area is 183 Å². The van der Waals surface area contributed by atoms with Crippen molar-refractivity contribution in [2.45, 2.75) is 39.7 Å². The molecule has 0 unspecified atom stereocenters. The average molecular weight is 422 g/mol. The number of carbonyl (C=O) groups excluding carboxylic acids is 1. The molecule has 0 aliphatic carbocycles. The summed E-state index contributed by atoms with van der Waals surface area (Å²) < 4.78 is 7.29. The van der Waals surface area contributed by atoms with Crippen LogP contribution in [0.15, 0.2) is 53.1 Å². The number of hydrogen-bond donors (Lipinski definition) is 1. The Kier molecular flexibility index (Phi) is 5.87. The van der Waals surface area contributed by atoms with E-state index in [1.165, 1.54) is 0 Å². The van der Waals surface area contributed by atoms with Crippen LogP contribution >= 0.6 is 0 Å². The largest absolute Gasteiger partial charge is 0.468 e. The van der Waals surface area contributed by atoms with Crippen LogP contribution in [0.4, 0.5) is 10.6 Å². The Morgan fingerprint density at radius 3 is 2.39 bits per heavy atom. The van der Waals surface area contributed by atoms with Gasteiger partial charge in [-0.05, 0) is 31.2 Å². The van der Waals surface area contributed by atoms with Gasteiger partial charge in [0.25, 0.3) is 0 Å². The van der Waals surface area contributed by atoms with Gasteiger partial charge in [0.15, 0.2) is 0 Å². The number of benzene rings is 1. The molecule has 3 heterocycles. The molecule has 0 saturated carbocycles. The molecule has 0 radical (unpaired) electrons. The fourth-order valence-electron chi connectivity index (χ4n) is 4.02. The Balaban J connectivity index is 1.49. The van der Waals surface area contributed by atoms with Gasteiger partial charge < -0.3 is 9.32 Å². The van der Waals surface area contributed by atoms with Crippen molar-refractivity contribution in [2.24, 2.45) is 0 Å². The van der Waals surface area contributed by atoms with Crippen LogP contribution in [0.2, 0.25) is 0 Å². The minimum absolute atomic E-state index is 0.0849. The summed E-state index contributed by atoms with van der Waals surface area (Å²) in [6.07, 6.45) is 1.70. The van der Waals surface area contributed by atoms with E-state index in [0.717, 1.165) is 48.2 Å². The lowest BCUT2D eigenvalue weighted by Gasteiger charge is -2.34. The van der Waals surface area contributed by atoms with E-state index in [1.54, 1.807) is 6.26 Å². The summed E-state index contributed by atoms with van der Waals surface area (Å²) in [4.78, 5) is 17.3. The van der Waals surface area contributed by atoms with E-state index >= 15 is 0 Å². The van der Waals surface area contributed by atoms with Gasteiger partial charge in [-0.1, -0.05) is 39.0 Å². The summed E-state index contributed by atoms with van der Waals surface area (Å²) in [7, 11) is 0. The molecule has 2 aromatic heterocycles. The number of rotatable bonds is 4. The minimum atomic E-state index is -0.124. The molecule has 1 aromatic carbocycles. The number of hydrogen-bond acceptors (Lipinski definition) is 4. The number of urea groups is 1. The fraction of sp³-hybridized carbons (Fsp3) is 0.417. The number of furan rings is 1. The molecule has 0 bridgehead atoms. The fourth-order valence-corrected chi connectivity index (χ4v) is 4.02. The molecule has 0 atom stereocenters. The quantitative estimate of drug-likeness (QED) is 0.677. The van der Waals surface area contributed by atoms with Gasteiger partial charge >= 0.3 is 6.03 Å². The number of aromatic nitrogens is 2. The van der Waals surface area contributed by atoms with Crippen molar-refractivity contribution in [3.05, 3.63) is 65.7 Å². The van der Waals surface area contributed by atoms with Crippen molar-refractivity contribution in [3.63, 3.8) is 0 Å². The van der Waals surface area contributed by atoms with Gasteiger partial charge in [-0.15, -0.1) is 0 Å². The van der Waals surface area contributed by atoms with Crippen LogP contribution in [-0.4, -0.2) is 51.8 Å². The van der Waals surface area contributed by atoms with Crippen LogP contribution in [0.25, 0.3) is 5.69 Å². The number of nitrogens with one attached hydrogen (secondary N) is 1. The normalized spacial score (nSPS) is 15.3. The van der Waals surface area contributed by atoms with E-state index in [-0.39, 0.29) is 11.4 Å². The van der Waals surface area contributed by atoms with Crippen LogP contribution in [0, 0.1) is 6.92 Å². The van der Waals surface area contributed by atoms with Crippen molar-refractivity contribution in [1.82, 2.24) is 19.6 Å². The number of piperazine rings is 1. The molecule has 1 saturated heterocycles. The molecule has 1 aliphatic heterocycles. The highest BCUT2D eigenvalue weighted by Gasteiger charge is 2.28. The predicted molar refractivity (Wildman–Crippen MR) is 122 cm³/mol. The summed E-state index contributed by atoms with van der Waals surface area (Å²) in [5, 5.41) is 8.02. The zero-order chi connectivity index (χ0) is 22.0. The summed E-state index contributed by atoms with van der Waals surface area (Å²) >= 11 is 0. The van der Waals surface area contributed by atoms with Crippen LogP contribution < -0.4 is 5.32 Å². The van der Waals surface area contributed by atoms with E-state index in [4.69, 9.17) is 9.52 Å². The summed E-state index contributed by atoms with van der Waals surface area (Å²) in [6.45, 7) is 12.2. The summed E-state index contributed by atoms with van der Waals surface area (Å²) in [5.74, 6) is 1.69. The Hall–Kier alpha value is -3.06. The molecule has 2 amide bonds. The molecule has 0 spiro atoms. The molecule has 4 rings (SSSR count). The standard InChI is InChI=1S/C24H31N5O2/c1-18-21(24(2,3)4)26-29(19-9-6-5-7-10-19)22(18)25-23(30)28-14-12-27(13-15-28)17-20-11-8-16-31-20/h5-11,16H,12-15,17H2,1-4H3,(H,25,30). The predicted octanol–water partition coefficient (Wildman–Crippen LogP) is 4.42. The van der Waals surface area contributed by atoms with E-state index in [0.29, 0.717) is 13.1 Å². The third kappa shape index (κ3) is 4.66. The highest BCUT2D eigenvalue weighted by molar-refractivity contribution is 5.90. The van der Waals surface area contributed by atoms with Crippen LogP contribution in [0.1, 0.15) is 37.8 Å². The molecule has 1 N–H and O–H groups in total. The lowest BCUT2D eigenvalue weighted by molar-refractivity contribution is 0.137. The minimum Gasteiger partial charge on any atom is -0.468 e. The third-order valence-electron chi connectivity index (χ3n) is 5.68. The van der Waals surface area contributed by atoms with Gasteiger partial charge in [-0.2, -0.15) is 5.10 Å². The molecule has 3 aromatic rings. The van der Waals surface area contributed by atoms with Gasteiger partial charge in [0.05, 0.1) is 24.2 Å². The number of nitrogens with zero attached hydrogens (tertiary/aromatic N) is 4. The topological polar surface area (TPSA) is 66.5 Å². The van der Waals surface area contributed by atoms with Crippen molar-refractivity contribution in [2.75, 3.05) is 31.5 Å². The maximum Gasteiger partial charge on any atom is 0.323 e. The first-order valence-electron chi connectivity index (χ1n) is 10.8. The first kappa shape index (κ1) is 21.2. The van der Waals surface area contributed by atoms with E-state index in [2.05, 4.69) is 31.0 Å². The van der Waals surface area contributed by atoms with Crippen LogP contribution in [-0.2, 0) is 12.0 Å². The molecule has 7 heteroatoms. The smallest absolute Gasteiger partial charge is 0.323 e.